The lowest BCUT2D eigenvalue weighted by molar-refractivity contribution is -0.147. The van der Waals surface area contributed by atoms with Gasteiger partial charge in [-0.05, 0) is 65.9 Å². The van der Waals surface area contributed by atoms with E-state index in [2.05, 4.69) is 43.5 Å². The summed E-state index contributed by atoms with van der Waals surface area (Å²) >= 11 is 0. The van der Waals surface area contributed by atoms with Gasteiger partial charge in [0.2, 0.25) is 5.91 Å². The van der Waals surface area contributed by atoms with Crippen molar-refractivity contribution in [3.63, 3.8) is 0 Å². The summed E-state index contributed by atoms with van der Waals surface area (Å²) in [7, 11) is 3.00. The van der Waals surface area contributed by atoms with Gasteiger partial charge in [-0.2, -0.15) is 0 Å². The highest BCUT2D eigenvalue weighted by atomic mass is 16.5. The normalized spacial score (nSPS) is 10.8. The van der Waals surface area contributed by atoms with Crippen LogP contribution >= 0.6 is 0 Å². The molecule has 3 aromatic rings. The zero-order valence-corrected chi connectivity index (χ0v) is 23.5. The topological polar surface area (TPSA) is 112 Å². The summed E-state index contributed by atoms with van der Waals surface area (Å²) < 4.78 is 21.3. The van der Waals surface area contributed by atoms with Crippen LogP contribution in [0.4, 0.5) is 11.4 Å². The van der Waals surface area contributed by atoms with Crippen LogP contribution in [0.1, 0.15) is 45.6 Å². The highest BCUT2D eigenvalue weighted by Crippen LogP contribution is 2.29. The third-order valence-corrected chi connectivity index (χ3v) is 5.93. The Kier molecular flexibility index (Phi) is 10.5. The first kappa shape index (κ1) is 30.0. The largest absolute Gasteiger partial charge is 0.497 e. The van der Waals surface area contributed by atoms with Gasteiger partial charge in [-0.1, -0.05) is 32.9 Å². The molecule has 3 aromatic carbocycles. The molecular weight excluding hydrogens is 512 g/mol. The van der Waals surface area contributed by atoms with Crippen molar-refractivity contribution in [2.24, 2.45) is 0 Å². The van der Waals surface area contributed by atoms with Crippen molar-refractivity contribution in [3.05, 3.63) is 72.3 Å². The molecule has 0 aliphatic heterocycles. The molecule has 0 aliphatic carbocycles. The van der Waals surface area contributed by atoms with E-state index in [9.17, 15) is 14.4 Å². The minimum absolute atomic E-state index is 0.00728. The number of hydrogen-bond acceptors (Lipinski definition) is 7. The molecule has 3 rings (SSSR count). The van der Waals surface area contributed by atoms with E-state index >= 15 is 0 Å². The van der Waals surface area contributed by atoms with E-state index in [1.807, 2.05) is 12.1 Å². The summed E-state index contributed by atoms with van der Waals surface area (Å²) in [4.78, 5) is 36.4. The summed E-state index contributed by atoms with van der Waals surface area (Å²) in [5.74, 6) is 1.06. The van der Waals surface area contributed by atoms with E-state index in [-0.39, 0.29) is 30.6 Å². The molecular formula is C31H36N2O7. The average molecular weight is 549 g/mol. The lowest BCUT2D eigenvalue weighted by atomic mass is 9.87. The van der Waals surface area contributed by atoms with Crippen LogP contribution in [-0.4, -0.2) is 38.6 Å². The van der Waals surface area contributed by atoms with Crippen molar-refractivity contribution < 1.29 is 33.3 Å². The Bertz CT molecular complexity index is 1300. The Balaban J connectivity index is 1.35. The van der Waals surface area contributed by atoms with Crippen LogP contribution in [0.25, 0.3) is 0 Å². The number of anilines is 2. The predicted molar refractivity (Wildman–Crippen MR) is 153 cm³/mol. The number of carbonyl (C=O) groups excluding carboxylic acids is 3. The molecule has 40 heavy (non-hydrogen) atoms. The molecule has 0 saturated carbocycles. The van der Waals surface area contributed by atoms with Crippen molar-refractivity contribution >= 4 is 29.2 Å². The number of hydrogen-bond donors (Lipinski definition) is 2. The van der Waals surface area contributed by atoms with Crippen LogP contribution < -0.4 is 24.8 Å². The van der Waals surface area contributed by atoms with E-state index in [0.29, 0.717) is 28.6 Å². The standard InChI is InChI=1S/C31H36N2O7/c1-31(2,3)21-9-13-23(14-10-21)40-24-15-11-22(12-16-24)32-28(34)7-6-8-30(36)39-20-29(35)33-26-18-17-25(37-4)19-27(26)38-5/h9-19H,6-8,20H2,1-5H3,(H,32,34)(H,33,35). The van der Waals surface area contributed by atoms with Gasteiger partial charge < -0.3 is 29.6 Å². The van der Waals surface area contributed by atoms with Crippen molar-refractivity contribution in [1.82, 2.24) is 0 Å². The molecule has 2 N–H and O–H groups in total. The monoisotopic (exact) mass is 548 g/mol. The Morgan fingerprint density at radius 1 is 0.725 bits per heavy atom. The molecule has 0 fully saturated rings. The predicted octanol–water partition coefficient (Wildman–Crippen LogP) is 6.08. The molecule has 0 radical (unpaired) electrons. The van der Waals surface area contributed by atoms with Gasteiger partial charge in [-0.15, -0.1) is 0 Å². The van der Waals surface area contributed by atoms with Crippen LogP contribution in [0.2, 0.25) is 0 Å². The Labute approximate surface area is 234 Å². The summed E-state index contributed by atoms with van der Waals surface area (Å²) in [5, 5.41) is 5.42. The number of carbonyl (C=O) groups is 3. The fourth-order valence-electron chi connectivity index (χ4n) is 3.69. The first-order valence-electron chi connectivity index (χ1n) is 12.9. The molecule has 0 bridgehead atoms. The van der Waals surface area contributed by atoms with E-state index in [4.69, 9.17) is 18.9 Å². The van der Waals surface area contributed by atoms with Crippen LogP contribution in [-0.2, 0) is 24.5 Å². The van der Waals surface area contributed by atoms with Crippen molar-refractivity contribution in [1.29, 1.82) is 0 Å². The molecule has 2 amide bonds. The molecule has 0 unspecified atom stereocenters. The van der Waals surface area contributed by atoms with Crippen molar-refractivity contribution in [2.75, 3.05) is 31.5 Å². The fraction of sp³-hybridized carbons (Fsp3) is 0.323. The summed E-state index contributed by atoms with van der Waals surface area (Å²) in [6.07, 6.45) is 0.417. The van der Waals surface area contributed by atoms with Crippen LogP contribution in [0.3, 0.4) is 0 Å². The lowest BCUT2D eigenvalue weighted by Crippen LogP contribution is -2.21. The van der Waals surface area contributed by atoms with Gasteiger partial charge in [-0.3, -0.25) is 14.4 Å². The molecule has 9 heteroatoms. The highest BCUT2D eigenvalue weighted by Gasteiger charge is 2.14. The van der Waals surface area contributed by atoms with E-state index in [1.165, 1.54) is 19.8 Å². The molecule has 0 aromatic heterocycles. The van der Waals surface area contributed by atoms with Gasteiger partial charge in [0.05, 0.1) is 19.9 Å². The molecule has 212 valence electrons. The maximum atomic E-state index is 12.3. The van der Waals surface area contributed by atoms with Gasteiger partial charge in [0.15, 0.2) is 6.61 Å². The SMILES string of the molecule is COc1ccc(NC(=O)COC(=O)CCCC(=O)Nc2ccc(Oc3ccc(C(C)(C)C)cc3)cc2)c(OC)c1. The maximum absolute atomic E-state index is 12.3. The van der Waals surface area contributed by atoms with E-state index in [1.54, 1.807) is 42.5 Å². The second-order valence-corrected chi connectivity index (χ2v) is 10.1. The summed E-state index contributed by atoms with van der Waals surface area (Å²) in [5.41, 5.74) is 2.34. The van der Waals surface area contributed by atoms with E-state index < -0.39 is 18.5 Å². The second kappa shape index (κ2) is 14.0. The molecule has 9 nitrogen and oxygen atoms in total. The van der Waals surface area contributed by atoms with Gasteiger partial charge >= 0.3 is 5.97 Å². The summed E-state index contributed by atoms with van der Waals surface area (Å²) in [6, 6.07) is 20.0. The number of methoxy groups -OCH3 is 2. The van der Waals surface area contributed by atoms with Crippen molar-refractivity contribution in [2.45, 2.75) is 45.4 Å². The Hall–Kier alpha value is -4.53. The molecule has 0 heterocycles. The van der Waals surface area contributed by atoms with Crippen LogP contribution in [0.5, 0.6) is 23.0 Å². The first-order chi connectivity index (χ1) is 19.1. The number of benzene rings is 3. The van der Waals surface area contributed by atoms with E-state index in [0.717, 1.165) is 5.75 Å². The van der Waals surface area contributed by atoms with Crippen LogP contribution in [0, 0.1) is 0 Å². The molecule has 0 atom stereocenters. The van der Waals surface area contributed by atoms with Gasteiger partial charge in [-0.25, -0.2) is 0 Å². The third-order valence-electron chi connectivity index (χ3n) is 5.93. The number of rotatable bonds is 12. The molecule has 0 saturated heterocycles. The second-order valence-electron chi connectivity index (χ2n) is 10.1. The Morgan fingerprint density at radius 2 is 1.35 bits per heavy atom. The van der Waals surface area contributed by atoms with Crippen molar-refractivity contribution in [3.8, 4) is 23.0 Å². The zero-order valence-electron chi connectivity index (χ0n) is 23.5. The molecule has 0 spiro atoms. The first-order valence-corrected chi connectivity index (χ1v) is 12.9. The third kappa shape index (κ3) is 9.34. The quantitative estimate of drug-likeness (QED) is 0.264. The molecule has 0 aliphatic rings. The number of ether oxygens (including phenoxy) is 4. The van der Waals surface area contributed by atoms with Gasteiger partial charge in [0, 0.05) is 24.6 Å². The number of esters is 1. The number of nitrogens with one attached hydrogen (secondary N) is 2. The van der Waals surface area contributed by atoms with Gasteiger partial charge in [0.1, 0.15) is 23.0 Å². The fourth-order valence-corrected chi connectivity index (χ4v) is 3.69. The zero-order chi connectivity index (χ0) is 29.1. The minimum Gasteiger partial charge on any atom is -0.497 e. The maximum Gasteiger partial charge on any atom is 0.306 e. The lowest BCUT2D eigenvalue weighted by Gasteiger charge is -2.19. The van der Waals surface area contributed by atoms with Gasteiger partial charge in [0.25, 0.3) is 5.91 Å². The average Bonchev–Trinajstić information content (AvgIpc) is 2.93. The highest BCUT2D eigenvalue weighted by molar-refractivity contribution is 5.94. The summed E-state index contributed by atoms with van der Waals surface area (Å²) in [6.45, 7) is 6.03. The minimum atomic E-state index is -0.568. The smallest absolute Gasteiger partial charge is 0.306 e. The van der Waals surface area contributed by atoms with Crippen LogP contribution in [0.15, 0.2) is 66.7 Å². The Morgan fingerprint density at radius 3 is 1.95 bits per heavy atom. The number of amides is 2.